The van der Waals surface area contributed by atoms with Crippen molar-refractivity contribution >= 4 is 41.3 Å². The smallest absolute Gasteiger partial charge is 0.387 e. The first-order chi connectivity index (χ1) is 11.6. The summed E-state index contributed by atoms with van der Waals surface area (Å²) < 4.78 is 28.6. The van der Waals surface area contributed by atoms with Crippen molar-refractivity contribution < 1.29 is 13.5 Å². The molecule has 1 N–H and O–H groups in total. The van der Waals surface area contributed by atoms with Crippen LogP contribution in [0.25, 0.3) is 0 Å². The van der Waals surface area contributed by atoms with Crippen molar-refractivity contribution in [3.63, 3.8) is 0 Å². The van der Waals surface area contributed by atoms with E-state index in [0.29, 0.717) is 6.54 Å². The molecule has 1 aromatic carbocycles. The van der Waals surface area contributed by atoms with Gasteiger partial charge in [0.05, 0.1) is 0 Å². The summed E-state index contributed by atoms with van der Waals surface area (Å²) in [6.45, 7) is -1.38. The molecule has 25 heavy (non-hydrogen) atoms. The zero-order valence-corrected chi connectivity index (χ0v) is 17.3. The molecule has 0 amide bonds. The molecule has 8 heteroatoms. The van der Waals surface area contributed by atoms with Crippen LogP contribution in [-0.4, -0.2) is 38.1 Å². The molecule has 0 saturated heterocycles. The van der Waals surface area contributed by atoms with Gasteiger partial charge in [-0.05, 0) is 35.6 Å². The Hall–Kier alpha value is -1.42. The van der Waals surface area contributed by atoms with E-state index < -0.39 is 6.61 Å². The van der Waals surface area contributed by atoms with Gasteiger partial charge < -0.3 is 15.0 Å². The average molecular weight is 481 g/mol. The van der Waals surface area contributed by atoms with Gasteiger partial charge in [-0.3, -0.25) is 4.99 Å². The lowest BCUT2D eigenvalue weighted by atomic mass is 10.2. The predicted octanol–water partition coefficient (Wildman–Crippen LogP) is 4.22. The molecule has 1 heterocycles. The molecule has 2 aromatic rings. The van der Waals surface area contributed by atoms with Crippen molar-refractivity contribution in [2.45, 2.75) is 19.6 Å². The Bertz CT molecular complexity index is 636. The molecule has 0 fully saturated rings. The third kappa shape index (κ3) is 7.55. The minimum absolute atomic E-state index is 0. The molecule has 1 aromatic heterocycles. The maximum absolute atomic E-state index is 12.1. The number of thiophene rings is 1. The van der Waals surface area contributed by atoms with Crippen LogP contribution in [-0.2, 0) is 13.0 Å². The zero-order valence-electron chi connectivity index (χ0n) is 14.1. The molecule has 0 unspecified atom stereocenters. The number of guanidine groups is 1. The molecule has 0 bridgehead atoms. The van der Waals surface area contributed by atoms with E-state index in [2.05, 4.69) is 26.5 Å². The van der Waals surface area contributed by atoms with E-state index in [1.54, 1.807) is 42.6 Å². The highest BCUT2D eigenvalue weighted by Crippen LogP contribution is 2.15. The number of alkyl halides is 2. The Morgan fingerprint density at radius 1 is 1.28 bits per heavy atom. The van der Waals surface area contributed by atoms with Crippen LogP contribution in [0.2, 0.25) is 0 Å². The Labute approximate surface area is 167 Å². The average Bonchev–Trinajstić information content (AvgIpc) is 3.06. The van der Waals surface area contributed by atoms with Crippen LogP contribution >= 0.6 is 35.3 Å². The van der Waals surface area contributed by atoms with Gasteiger partial charge in [-0.15, -0.1) is 35.3 Å². The van der Waals surface area contributed by atoms with Crippen molar-refractivity contribution in [3.05, 3.63) is 52.2 Å². The summed E-state index contributed by atoms with van der Waals surface area (Å²) >= 11 is 1.74. The first kappa shape index (κ1) is 21.6. The molecule has 0 radical (unpaired) electrons. The van der Waals surface area contributed by atoms with Crippen molar-refractivity contribution in [2.24, 2.45) is 4.99 Å². The van der Waals surface area contributed by atoms with Gasteiger partial charge >= 0.3 is 6.61 Å². The number of nitrogens with one attached hydrogen (secondary N) is 1. The fourth-order valence-corrected chi connectivity index (χ4v) is 2.97. The van der Waals surface area contributed by atoms with Crippen LogP contribution in [0.5, 0.6) is 5.75 Å². The Morgan fingerprint density at radius 3 is 2.56 bits per heavy atom. The monoisotopic (exact) mass is 481 g/mol. The van der Waals surface area contributed by atoms with Crippen LogP contribution in [0.4, 0.5) is 8.78 Å². The number of halogens is 3. The van der Waals surface area contributed by atoms with E-state index in [4.69, 9.17) is 0 Å². The number of hydrogen-bond acceptors (Lipinski definition) is 3. The number of benzene rings is 1. The van der Waals surface area contributed by atoms with Crippen LogP contribution in [0.3, 0.4) is 0 Å². The summed E-state index contributed by atoms with van der Waals surface area (Å²) in [6.07, 6.45) is 0.949. The second-order valence-corrected chi connectivity index (χ2v) is 6.21. The van der Waals surface area contributed by atoms with Crippen LogP contribution in [0.1, 0.15) is 10.4 Å². The highest BCUT2D eigenvalue weighted by Gasteiger charge is 2.08. The molecular formula is C17H22F2IN3OS. The lowest BCUT2D eigenvalue weighted by Gasteiger charge is -2.22. The number of hydrogen-bond donors (Lipinski definition) is 1. The summed E-state index contributed by atoms with van der Waals surface area (Å²) in [7, 11) is 3.67. The molecule has 0 aliphatic heterocycles. The maximum Gasteiger partial charge on any atom is 0.387 e. The second-order valence-electron chi connectivity index (χ2n) is 5.18. The van der Waals surface area contributed by atoms with Crippen molar-refractivity contribution in [1.82, 2.24) is 10.2 Å². The third-order valence-corrected chi connectivity index (χ3v) is 4.31. The van der Waals surface area contributed by atoms with Crippen molar-refractivity contribution in [3.8, 4) is 5.75 Å². The molecule has 0 aliphatic rings. The molecule has 0 atom stereocenters. The fourth-order valence-electron chi connectivity index (χ4n) is 2.26. The molecule has 0 aliphatic carbocycles. The fraction of sp³-hybridized carbons (Fsp3) is 0.353. The number of rotatable bonds is 7. The maximum atomic E-state index is 12.1. The predicted molar refractivity (Wildman–Crippen MR) is 109 cm³/mol. The summed E-state index contributed by atoms with van der Waals surface area (Å²) in [4.78, 5) is 7.58. The molecule has 0 saturated carbocycles. The molecule has 0 spiro atoms. The SMILES string of the molecule is CN=C(NCCc1cccs1)N(C)Cc1ccc(OC(F)F)cc1.I. The van der Waals surface area contributed by atoms with Gasteiger partial charge in [0.25, 0.3) is 0 Å². The van der Waals surface area contributed by atoms with E-state index in [-0.39, 0.29) is 29.7 Å². The van der Waals surface area contributed by atoms with E-state index in [1.807, 2.05) is 18.0 Å². The lowest BCUT2D eigenvalue weighted by molar-refractivity contribution is -0.0498. The highest BCUT2D eigenvalue weighted by atomic mass is 127. The van der Waals surface area contributed by atoms with Gasteiger partial charge in [0.15, 0.2) is 5.96 Å². The lowest BCUT2D eigenvalue weighted by Crippen LogP contribution is -2.39. The summed E-state index contributed by atoms with van der Waals surface area (Å²) in [6, 6.07) is 10.8. The van der Waals surface area contributed by atoms with Gasteiger partial charge in [0.2, 0.25) is 0 Å². The van der Waals surface area contributed by atoms with Crippen LogP contribution in [0, 0.1) is 0 Å². The van der Waals surface area contributed by atoms with E-state index in [0.717, 1.165) is 24.5 Å². The van der Waals surface area contributed by atoms with Crippen LogP contribution < -0.4 is 10.1 Å². The highest BCUT2D eigenvalue weighted by molar-refractivity contribution is 14.0. The van der Waals surface area contributed by atoms with Gasteiger partial charge in [-0.25, -0.2) is 0 Å². The quantitative estimate of drug-likeness (QED) is 0.366. The molecular weight excluding hydrogens is 459 g/mol. The third-order valence-electron chi connectivity index (χ3n) is 3.38. The Balaban J connectivity index is 0.00000312. The minimum Gasteiger partial charge on any atom is -0.435 e. The minimum atomic E-state index is -2.80. The van der Waals surface area contributed by atoms with Gasteiger partial charge in [0, 0.05) is 32.1 Å². The molecule has 2 rings (SSSR count). The summed E-state index contributed by atoms with van der Waals surface area (Å²) in [5, 5.41) is 5.39. The van der Waals surface area contributed by atoms with Crippen molar-refractivity contribution in [2.75, 3.05) is 20.6 Å². The van der Waals surface area contributed by atoms with Crippen molar-refractivity contribution in [1.29, 1.82) is 0 Å². The second kappa shape index (κ2) is 11.2. The van der Waals surface area contributed by atoms with E-state index >= 15 is 0 Å². The Kier molecular flexibility index (Phi) is 9.73. The van der Waals surface area contributed by atoms with E-state index in [1.165, 1.54) is 4.88 Å². The molecule has 4 nitrogen and oxygen atoms in total. The van der Waals surface area contributed by atoms with E-state index in [9.17, 15) is 8.78 Å². The first-order valence-corrected chi connectivity index (χ1v) is 8.44. The number of aliphatic imine (C=N–C) groups is 1. The topological polar surface area (TPSA) is 36.9 Å². The van der Waals surface area contributed by atoms with Gasteiger partial charge in [0.1, 0.15) is 5.75 Å². The van der Waals surface area contributed by atoms with Gasteiger partial charge in [-0.1, -0.05) is 18.2 Å². The normalized spacial score (nSPS) is 11.2. The largest absolute Gasteiger partial charge is 0.435 e. The zero-order chi connectivity index (χ0) is 17.4. The first-order valence-electron chi connectivity index (χ1n) is 7.56. The molecule has 138 valence electrons. The standard InChI is InChI=1S/C17H21F2N3OS.HI/c1-20-17(21-10-9-15-4-3-11-24-15)22(2)12-13-5-7-14(8-6-13)23-16(18)19;/h3-8,11,16H,9-10,12H2,1-2H3,(H,20,21);1H. The summed E-state index contributed by atoms with van der Waals surface area (Å²) in [5.41, 5.74) is 0.986. The van der Waals surface area contributed by atoms with Gasteiger partial charge in [-0.2, -0.15) is 8.78 Å². The number of ether oxygens (including phenoxy) is 1. The van der Waals surface area contributed by atoms with Crippen LogP contribution in [0.15, 0.2) is 46.8 Å². The Morgan fingerprint density at radius 2 is 2.00 bits per heavy atom. The number of nitrogens with zero attached hydrogens (tertiary/aromatic N) is 2. The summed E-state index contributed by atoms with van der Waals surface area (Å²) in [5.74, 6) is 0.953.